The highest BCUT2D eigenvalue weighted by molar-refractivity contribution is 5.73. The summed E-state index contributed by atoms with van der Waals surface area (Å²) in [5.74, 6) is 0. The van der Waals surface area contributed by atoms with Crippen molar-refractivity contribution in [3.05, 3.63) is 36.9 Å². The maximum atomic E-state index is 5.28. The molecule has 0 N–H and O–H groups in total. The molecule has 1 aromatic heterocycles. The molecule has 0 aliphatic carbocycles. The van der Waals surface area contributed by atoms with Crippen molar-refractivity contribution in [3.8, 4) is 0 Å². The first-order chi connectivity index (χ1) is 6.92. The molecule has 0 aliphatic rings. The first kappa shape index (κ1) is 8.90. The Labute approximate surface area is 81.8 Å². The Balaban J connectivity index is 2.20. The average molecular weight is 189 g/mol. The number of hydrogen-bond donors (Lipinski definition) is 0. The molecule has 2 aromatic rings. The van der Waals surface area contributed by atoms with Gasteiger partial charge in [0.05, 0.1) is 12.1 Å². The van der Waals surface area contributed by atoms with Gasteiger partial charge >= 0.3 is 0 Å². The van der Waals surface area contributed by atoms with Crippen LogP contribution in [0.15, 0.2) is 36.9 Å². The SMILES string of the molecule is C=CCOCn1nnc2ccccc21. The molecule has 14 heavy (non-hydrogen) atoms. The van der Waals surface area contributed by atoms with E-state index in [0.717, 1.165) is 11.0 Å². The Morgan fingerprint density at radius 3 is 3.14 bits per heavy atom. The van der Waals surface area contributed by atoms with Gasteiger partial charge in [0.1, 0.15) is 12.2 Å². The van der Waals surface area contributed by atoms with E-state index < -0.39 is 0 Å². The fourth-order valence-corrected chi connectivity index (χ4v) is 1.24. The summed E-state index contributed by atoms with van der Waals surface area (Å²) in [6.07, 6.45) is 1.71. The normalized spacial score (nSPS) is 10.6. The molecule has 2 rings (SSSR count). The van der Waals surface area contributed by atoms with Gasteiger partial charge in [-0.2, -0.15) is 0 Å². The van der Waals surface area contributed by atoms with Crippen LogP contribution in [0.3, 0.4) is 0 Å². The summed E-state index contributed by atoms with van der Waals surface area (Å²) < 4.78 is 7.00. The summed E-state index contributed by atoms with van der Waals surface area (Å²) in [6, 6.07) is 7.78. The van der Waals surface area contributed by atoms with E-state index in [4.69, 9.17) is 4.74 Å². The van der Waals surface area contributed by atoms with Crippen LogP contribution in [0.2, 0.25) is 0 Å². The topological polar surface area (TPSA) is 39.9 Å². The van der Waals surface area contributed by atoms with Crippen LogP contribution in [0.4, 0.5) is 0 Å². The molecule has 0 saturated carbocycles. The van der Waals surface area contributed by atoms with Gasteiger partial charge in [-0.25, -0.2) is 4.68 Å². The zero-order valence-corrected chi connectivity index (χ0v) is 7.76. The lowest BCUT2D eigenvalue weighted by molar-refractivity contribution is 0.0929. The third kappa shape index (κ3) is 1.65. The summed E-state index contributed by atoms with van der Waals surface area (Å²) >= 11 is 0. The number of para-hydroxylation sites is 1. The van der Waals surface area contributed by atoms with Crippen LogP contribution < -0.4 is 0 Å². The van der Waals surface area contributed by atoms with Gasteiger partial charge in [-0.3, -0.25) is 0 Å². The van der Waals surface area contributed by atoms with Gasteiger partial charge in [0, 0.05) is 0 Å². The highest BCUT2D eigenvalue weighted by Gasteiger charge is 2.01. The summed E-state index contributed by atoms with van der Waals surface area (Å²) in [5, 5.41) is 7.98. The smallest absolute Gasteiger partial charge is 0.142 e. The number of aromatic nitrogens is 3. The van der Waals surface area contributed by atoms with Crippen molar-refractivity contribution in [1.82, 2.24) is 15.0 Å². The number of fused-ring (bicyclic) bond motifs is 1. The Bertz CT molecular complexity index is 436. The standard InChI is InChI=1S/C10H11N3O/c1-2-7-14-8-13-10-6-4-3-5-9(10)11-12-13/h2-6H,1,7-8H2. The summed E-state index contributed by atoms with van der Waals surface area (Å²) in [4.78, 5) is 0. The lowest BCUT2D eigenvalue weighted by Crippen LogP contribution is -2.04. The van der Waals surface area contributed by atoms with Crippen molar-refractivity contribution in [3.63, 3.8) is 0 Å². The first-order valence-electron chi connectivity index (χ1n) is 4.38. The van der Waals surface area contributed by atoms with Gasteiger partial charge in [-0.1, -0.05) is 23.4 Å². The van der Waals surface area contributed by atoms with E-state index in [1.807, 2.05) is 24.3 Å². The number of ether oxygens (including phenoxy) is 1. The average Bonchev–Trinajstić information content (AvgIpc) is 2.63. The molecule has 0 aliphatic heterocycles. The maximum Gasteiger partial charge on any atom is 0.142 e. The molecule has 4 nitrogen and oxygen atoms in total. The first-order valence-corrected chi connectivity index (χ1v) is 4.38. The molecule has 0 radical (unpaired) electrons. The van der Waals surface area contributed by atoms with Crippen molar-refractivity contribution >= 4 is 11.0 Å². The maximum absolute atomic E-state index is 5.28. The van der Waals surface area contributed by atoms with Crippen molar-refractivity contribution in [2.24, 2.45) is 0 Å². The third-order valence-electron chi connectivity index (χ3n) is 1.87. The van der Waals surface area contributed by atoms with Gasteiger partial charge in [-0.05, 0) is 12.1 Å². The van der Waals surface area contributed by atoms with E-state index in [1.165, 1.54) is 0 Å². The Hall–Kier alpha value is -1.68. The third-order valence-corrected chi connectivity index (χ3v) is 1.87. The molecular formula is C10H11N3O. The largest absolute Gasteiger partial charge is 0.355 e. The highest BCUT2D eigenvalue weighted by atomic mass is 16.5. The summed E-state index contributed by atoms with van der Waals surface area (Å²) in [6.45, 7) is 4.50. The minimum Gasteiger partial charge on any atom is -0.355 e. The van der Waals surface area contributed by atoms with E-state index in [9.17, 15) is 0 Å². The van der Waals surface area contributed by atoms with E-state index in [0.29, 0.717) is 13.3 Å². The van der Waals surface area contributed by atoms with Gasteiger partial charge in [0.15, 0.2) is 0 Å². The molecule has 1 aromatic carbocycles. The molecule has 0 spiro atoms. The molecule has 0 fully saturated rings. The Kier molecular flexibility index (Phi) is 2.55. The lowest BCUT2D eigenvalue weighted by Gasteiger charge is -2.00. The molecular weight excluding hydrogens is 178 g/mol. The van der Waals surface area contributed by atoms with Gasteiger partial charge < -0.3 is 4.74 Å². The number of rotatable bonds is 4. The van der Waals surface area contributed by atoms with Crippen LogP contribution in [-0.2, 0) is 11.5 Å². The predicted octanol–water partition coefficient (Wildman–Crippen LogP) is 1.59. The molecule has 0 unspecified atom stereocenters. The molecule has 4 heteroatoms. The minimum atomic E-state index is 0.409. The van der Waals surface area contributed by atoms with E-state index in [1.54, 1.807) is 10.8 Å². The molecule has 0 bridgehead atoms. The molecule has 0 amide bonds. The Morgan fingerprint density at radius 2 is 2.29 bits per heavy atom. The van der Waals surface area contributed by atoms with E-state index in [2.05, 4.69) is 16.9 Å². The molecule has 0 saturated heterocycles. The monoisotopic (exact) mass is 189 g/mol. The number of hydrogen-bond acceptors (Lipinski definition) is 3. The second-order valence-corrected chi connectivity index (χ2v) is 2.87. The van der Waals surface area contributed by atoms with E-state index >= 15 is 0 Å². The minimum absolute atomic E-state index is 0.409. The number of nitrogens with zero attached hydrogens (tertiary/aromatic N) is 3. The Morgan fingerprint density at radius 1 is 1.43 bits per heavy atom. The number of benzene rings is 1. The zero-order chi connectivity index (χ0) is 9.80. The van der Waals surface area contributed by atoms with Crippen LogP contribution >= 0.6 is 0 Å². The quantitative estimate of drug-likeness (QED) is 0.541. The van der Waals surface area contributed by atoms with Gasteiger partial charge in [0.2, 0.25) is 0 Å². The summed E-state index contributed by atoms with van der Waals surface area (Å²) in [5.41, 5.74) is 1.87. The predicted molar refractivity (Wildman–Crippen MR) is 53.7 cm³/mol. The zero-order valence-electron chi connectivity index (χ0n) is 7.76. The second-order valence-electron chi connectivity index (χ2n) is 2.87. The van der Waals surface area contributed by atoms with Crippen LogP contribution in [0.1, 0.15) is 0 Å². The van der Waals surface area contributed by atoms with Crippen molar-refractivity contribution in [2.45, 2.75) is 6.73 Å². The van der Waals surface area contributed by atoms with Crippen LogP contribution in [0, 0.1) is 0 Å². The van der Waals surface area contributed by atoms with Crippen molar-refractivity contribution in [1.29, 1.82) is 0 Å². The van der Waals surface area contributed by atoms with Crippen molar-refractivity contribution < 1.29 is 4.74 Å². The molecule has 0 atom stereocenters. The molecule has 72 valence electrons. The molecule has 1 heterocycles. The summed E-state index contributed by atoms with van der Waals surface area (Å²) in [7, 11) is 0. The van der Waals surface area contributed by atoms with Crippen LogP contribution in [0.5, 0.6) is 0 Å². The van der Waals surface area contributed by atoms with Crippen LogP contribution in [0.25, 0.3) is 11.0 Å². The lowest BCUT2D eigenvalue weighted by atomic mass is 10.3. The van der Waals surface area contributed by atoms with E-state index in [-0.39, 0.29) is 0 Å². The fourth-order valence-electron chi connectivity index (χ4n) is 1.24. The fraction of sp³-hybridized carbons (Fsp3) is 0.200. The second kappa shape index (κ2) is 4.02. The van der Waals surface area contributed by atoms with Crippen molar-refractivity contribution in [2.75, 3.05) is 6.61 Å². The van der Waals surface area contributed by atoms with Gasteiger partial charge in [-0.15, -0.1) is 11.7 Å². The van der Waals surface area contributed by atoms with Crippen LogP contribution in [-0.4, -0.2) is 21.6 Å². The van der Waals surface area contributed by atoms with Gasteiger partial charge in [0.25, 0.3) is 0 Å². The highest BCUT2D eigenvalue weighted by Crippen LogP contribution is 2.09.